The molecule has 0 bridgehead atoms. The van der Waals surface area contributed by atoms with Crippen molar-refractivity contribution in [2.45, 2.75) is 151 Å². The number of phosphoric ester groups is 3. The number of aliphatic hydroxyl groups excluding tert-OH is 3. The molecule has 490 valence electrons. The largest absolute Gasteiger partial charge is 0.475 e. The topological polar surface area (TPSA) is 498 Å². The van der Waals surface area contributed by atoms with Crippen molar-refractivity contribution in [3.8, 4) is 0 Å². The van der Waals surface area contributed by atoms with Gasteiger partial charge in [0.1, 0.15) is 90.9 Å². The Hall–Kier alpha value is -4.53. The van der Waals surface area contributed by atoms with E-state index in [1.807, 2.05) is 0 Å². The second-order valence-corrected chi connectivity index (χ2v) is 27.7. The molecular formula is C48H73N12O23P3S2. The number of anilines is 4. The maximum atomic E-state index is 14.3. The number of ether oxygens (including phenoxy) is 4. The summed E-state index contributed by atoms with van der Waals surface area (Å²) >= 11 is 0. The number of aliphatic hydroxyl groups is 3. The number of unbranched alkanes of at least 4 members (excludes halogenated alkanes) is 6. The van der Waals surface area contributed by atoms with Crippen molar-refractivity contribution < 1.29 is 89.4 Å². The lowest BCUT2D eigenvalue weighted by atomic mass is 10.2. The molecule has 4 aliphatic rings. The zero-order valence-electron chi connectivity index (χ0n) is 47.3. The zero-order valence-corrected chi connectivity index (χ0v) is 51.6. The van der Waals surface area contributed by atoms with Gasteiger partial charge in [0.15, 0.2) is 0 Å². The third-order valence-corrected chi connectivity index (χ3v) is 20.3. The minimum Gasteiger partial charge on any atom is -0.394 e. The van der Waals surface area contributed by atoms with Crippen molar-refractivity contribution >= 4 is 68.3 Å². The number of aromatic nitrogens is 8. The minimum atomic E-state index is -5.01. The maximum absolute atomic E-state index is 14.3. The van der Waals surface area contributed by atoms with E-state index in [-0.39, 0.29) is 62.2 Å². The van der Waals surface area contributed by atoms with E-state index in [0.29, 0.717) is 25.7 Å². The quantitative estimate of drug-likeness (QED) is 0.0180. The van der Waals surface area contributed by atoms with E-state index in [2.05, 4.69) is 19.9 Å². The number of nitrogens with zero attached hydrogens (tertiary/aromatic N) is 8. The average Bonchev–Trinajstić information content (AvgIpc) is 4.36. The van der Waals surface area contributed by atoms with Crippen LogP contribution in [-0.4, -0.2) is 163 Å². The summed E-state index contributed by atoms with van der Waals surface area (Å²) in [5.41, 5.74) is 19.5. The summed E-state index contributed by atoms with van der Waals surface area (Å²) in [7, 11) is -10.9. The van der Waals surface area contributed by atoms with Gasteiger partial charge in [0.25, 0.3) is 0 Å². The summed E-state index contributed by atoms with van der Waals surface area (Å²) in [6.45, 7) is -2.64. The van der Waals surface area contributed by atoms with Gasteiger partial charge < -0.3 is 67.0 Å². The fraction of sp³-hybridized carbons (Fsp3) is 0.667. The van der Waals surface area contributed by atoms with Crippen LogP contribution in [-0.2, 0) is 64.3 Å². The van der Waals surface area contributed by atoms with Gasteiger partial charge in [0, 0.05) is 62.0 Å². The fourth-order valence-electron chi connectivity index (χ4n) is 9.75. The summed E-state index contributed by atoms with van der Waals surface area (Å²) < 4.78 is 107. The molecule has 40 heteroatoms. The van der Waals surface area contributed by atoms with Gasteiger partial charge in [-0.25, -0.2) is 32.9 Å². The van der Waals surface area contributed by atoms with E-state index in [4.69, 9.17) is 73.5 Å². The molecule has 0 aliphatic carbocycles. The SMILES string of the molecule is Nc1ccn([C@H]2C[C@H](OP(=O)(O)OC[C@H]3O[C@@H](n4ccc(N)nc4=O)C[C@@H]3OP(=O)(O)OCCCCCCSSCCCCCCOP(=O)(OC[C@H]3O[C@@H](n4ccc(N)nc4=O)C[C@@H]3O)O[C@H]3C[C@H](n4ccc(N)nc4=O)O[C@@H]3CO)[C@@H](CO)O2)c(=O)n1. The van der Waals surface area contributed by atoms with Gasteiger partial charge in [-0.2, -0.15) is 19.9 Å². The molecular weight excluding hydrogens is 1270 g/mol. The first kappa shape index (κ1) is 69.4. The summed E-state index contributed by atoms with van der Waals surface area (Å²) in [5, 5.41) is 30.9. The van der Waals surface area contributed by atoms with Gasteiger partial charge in [-0.1, -0.05) is 47.3 Å². The maximum Gasteiger partial charge on any atom is 0.475 e. The molecule has 0 amide bonds. The van der Waals surface area contributed by atoms with Gasteiger partial charge in [-0.15, -0.1) is 0 Å². The highest BCUT2D eigenvalue weighted by Gasteiger charge is 2.47. The molecule has 8 heterocycles. The van der Waals surface area contributed by atoms with Crippen LogP contribution in [0.4, 0.5) is 23.3 Å². The lowest BCUT2D eigenvalue weighted by Gasteiger charge is -2.25. The lowest BCUT2D eigenvalue weighted by Crippen LogP contribution is -2.30. The minimum absolute atomic E-state index is 0.00263. The van der Waals surface area contributed by atoms with E-state index >= 15 is 0 Å². The van der Waals surface area contributed by atoms with Crippen molar-refractivity contribution in [1.29, 1.82) is 0 Å². The molecule has 0 radical (unpaired) electrons. The Morgan fingerprint density at radius 2 is 0.830 bits per heavy atom. The monoisotopic (exact) mass is 1340 g/mol. The Bertz CT molecular complexity index is 3340. The Labute approximate surface area is 509 Å². The molecule has 0 saturated carbocycles. The van der Waals surface area contributed by atoms with Crippen LogP contribution in [0.2, 0.25) is 0 Å². The van der Waals surface area contributed by atoms with Crippen molar-refractivity contribution in [2.75, 3.05) is 74.1 Å². The fourth-order valence-corrected chi connectivity index (χ4v) is 15.4. The van der Waals surface area contributed by atoms with E-state index in [1.165, 1.54) is 49.1 Å². The number of hydrogen-bond donors (Lipinski definition) is 9. The van der Waals surface area contributed by atoms with E-state index < -0.39 is 146 Å². The molecule has 35 nitrogen and oxygen atoms in total. The van der Waals surface area contributed by atoms with Crippen LogP contribution in [0.3, 0.4) is 0 Å². The smallest absolute Gasteiger partial charge is 0.394 e. The number of hydrogen-bond acceptors (Lipinski definition) is 31. The third-order valence-electron chi connectivity index (χ3n) is 14.2. The molecule has 88 heavy (non-hydrogen) atoms. The second kappa shape index (κ2) is 32.2. The predicted molar refractivity (Wildman–Crippen MR) is 313 cm³/mol. The number of nitrogen functional groups attached to an aromatic ring is 4. The van der Waals surface area contributed by atoms with Crippen LogP contribution in [0.1, 0.15) is 102 Å². The lowest BCUT2D eigenvalue weighted by molar-refractivity contribution is -0.0601. The summed E-state index contributed by atoms with van der Waals surface area (Å²) in [6.07, 6.45) is -2.96. The van der Waals surface area contributed by atoms with Crippen LogP contribution in [0.25, 0.3) is 0 Å². The third kappa shape index (κ3) is 19.7. The first-order valence-corrected chi connectivity index (χ1v) is 35.0. The van der Waals surface area contributed by atoms with E-state index in [1.54, 1.807) is 21.6 Å². The van der Waals surface area contributed by atoms with Crippen LogP contribution >= 0.6 is 45.1 Å². The van der Waals surface area contributed by atoms with E-state index in [0.717, 1.165) is 55.5 Å². The highest BCUT2D eigenvalue weighted by atomic mass is 33.1. The molecule has 0 spiro atoms. The summed E-state index contributed by atoms with van der Waals surface area (Å²) in [6, 6.07) is 5.47. The molecule has 4 aliphatic heterocycles. The van der Waals surface area contributed by atoms with Crippen molar-refractivity contribution in [3.63, 3.8) is 0 Å². The van der Waals surface area contributed by atoms with Gasteiger partial charge >= 0.3 is 46.2 Å². The van der Waals surface area contributed by atoms with Gasteiger partial charge in [-0.05, 0) is 49.9 Å². The van der Waals surface area contributed by atoms with Crippen molar-refractivity contribution in [1.82, 2.24) is 38.2 Å². The predicted octanol–water partition coefficient (Wildman–Crippen LogP) is 1.87. The van der Waals surface area contributed by atoms with Gasteiger partial charge in [0.2, 0.25) is 0 Å². The summed E-state index contributed by atoms with van der Waals surface area (Å²) in [5.74, 6) is 1.59. The molecule has 13 N–H and O–H groups in total. The molecule has 4 fully saturated rings. The molecule has 4 aromatic rings. The Kier molecular flexibility index (Phi) is 25.3. The highest BCUT2D eigenvalue weighted by Crippen LogP contribution is 2.55. The van der Waals surface area contributed by atoms with Crippen LogP contribution in [0.15, 0.2) is 68.2 Å². The molecule has 3 unspecified atom stereocenters. The first-order valence-electron chi connectivity index (χ1n) is 28.0. The van der Waals surface area contributed by atoms with Crippen LogP contribution in [0.5, 0.6) is 0 Å². The number of phosphoric acid groups is 3. The number of nitrogens with two attached hydrogens (primary N) is 4. The molecule has 8 rings (SSSR count). The average molecular weight is 1340 g/mol. The number of rotatable bonds is 35. The molecule has 4 saturated heterocycles. The van der Waals surface area contributed by atoms with Gasteiger partial charge in [0.05, 0.1) is 45.7 Å². The first-order chi connectivity index (χ1) is 42.0. The Morgan fingerprint density at radius 1 is 0.477 bits per heavy atom. The van der Waals surface area contributed by atoms with Crippen LogP contribution in [0, 0.1) is 0 Å². The zero-order chi connectivity index (χ0) is 63.2. The van der Waals surface area contributed by atoms with E-state index in [9.17, 15) is 58.0 Å². The normalized spacial score (nSPS) is 27.6. The molecule has 4 aromatic heterocycles. The summed E-state index contributed by atoms with van der Waals surface area (Å²) in [4.78, 5) is 86.4. The Balaban J connectivity index is 0.718. The molecule has 15 atom stereocenters. The highest BCUT2D eigenvalue weighted by molar-refractivity contribution is 8.76. The standard InChI is InChI=1S/C48H73N12O23P3S2/c49-37-9-13-57(45(64)53-37)41-21-29(63)35(79-41)27-76-86(72,83-31-23-43(78-34(31)26-62)59-15-11-39(51)55-47(59)66)74-18-6-2-4-8-20-88-87-19-7-3-1-5-17-73-84(68,69)82-32-24-44(60-16-12-40(52)56-48(60)67)80-36(32)28-75-85(70,71)81-30-22-42(77-33(30)25-61)58-14-10-38(50)54-46(58)65/h9-16,29-36,41-44,61-63H,1-8,17-28H2,(H,68,69)(H,70,71)(H2,49,53,64)(H2,50,54,65)(H2,51,55,66)(H2,52,56,67)/t29-,30-,31-,32-,33+,34+,35+,36+,41+,42+,43+,44+,86?/m0/s1. The van der Waals surface area contributed by atoms with Crippen LogP contribution < -0.4 is 45.7 Å². The second-order valence-electron chi connectivity index (χ2n) is 20.6. The van der Waals surface area contributed by atoms with Crippen molar-refractivity contribution in [2.24, 2.45) is 0 Å². The Morgan fingerprint density at radius 3 is 1.26 bits per heavy atom. The van der Waals surface area contributed by atoms with Gasteiger partial charge in [-0.3, -0.25) is 49.9 Å². The molecule has 0 aromatic carbocycles. The van der Waals surface area contributed by atoms with Crippen molar-refractivity contribution in [3.05, 3.63) is 91.0 Å².